The summed E-state index contributed by atoms with van der Waals surface area (Å²) in [5.74, 6) is -0.121. The van der Waals surface area contributed by atoms with Crippen LogP contribution in [0.4, 0.5) is 5.69 Å². The molecule has 1 saturated carbocycles. The molecule has 1 amide bonds. The van der Waals surface area contributed by atoms with Gasteiger partial charge in [-0.3, -0.25) is 4.79 Å². The Kier molecular flexibility index (Phi) is 3.63. The molecule has 1 aliphatic rings. The predicted octanol–water partition coefficient (Wildman–Crippen LogP) is 2.08. The van der Waals surface area contributed by atoms with Crippen molar-refractivity contribution in [2.45, 2.75) is 17.6 Å². The van der Waals surface area contributed by atoms with E-state index in [4.69, 9.17) is 5.73 Å². The van der Waals surface area contributed by atoms with E-state index in [0.717, 1.165) is 5.69 Å². The van der Waals surface area contributed by atoms with Gasteiger partial charge in [-0.05, 0) is 49.4 Å². The summed E-state index contributed by atoms with van der Waals surface area (Å²) in [6, 6.07) is 9.09. The quantitative estimate of drug-likeness (QED) is 0.829. The number of nitrogens with one attached hydrogen (secondary N) is 1. The average molecular weight is 302 g/mol. The Bertz CT molecular complexity index is 646. The normalized spacial score (nSPS) is 15.7. The smallest absolute Gasteiger partial charge is 0.271 e. The number of amides is 1. The first kappa shape index (κ1) is 14.0. The molecular formula is C15H18N4OS. The first-order valence-corrected chi connectivity index (χ1v) is 8.09. The Morgan fingerprint density at radius 1 is 1.38 bits per heavy atom. The lowest BCUT2D eigenvalue weighted by molar-refractivity contribution is 0.0947. The van der Waals surface area contributed by atoms with E-state index in [1.165, 1.54) is 12.8 Å². The second-order valence-corrected chi connectivity index (χ2v) is 6.58. The average Bonchev–Trinajstić information content (AvgIpc) is 3.12. The molecule has 1 aromatic carbocycles. The summed E-state index contributed by atoms with van der Waals surface area (Å²) in [6.07, 6.45) is 6.22. The third-order valence-electron chi connectivity index (χ3n) is 3.79. The van der Waals surface area contributed by atoms with Gasteiger partial charge in [-0.25, -0.2) is 4.68 Å². The fourth-order valence-electron chi connectivity index (χ4n) is 2.14. The molecule has 0 spiro atoms. The maximum atomic E-state index is 12.1. The number of benzene rings is 1. The van der Waals surface area contributed by atoms with Crippen LogP contribution in [0, 0.1) is 0 Å². The van der Waals surface area contributed by atoms with Crippen molar-refractivity contribution in [1.29, 1.82) is 0 Å². The zero-order chi connectivity index (χ0) is 14.9. The number of rotatable bonds is 5. The number of hydrogen-bond donors (Lipinski definition) is 2. The summed E-state index contributed by atoms with van der Waals surface area (Å²) in [6.45, 7) is 0.710. The van der Waals surface area contributed by atoms with Crippen molar-refractivity contribution in [1.82, 2.24) is 15.1 Å². The molecule has 2 aromatic rings. The molecule has 1 aromatic heterocycles. The van der Waals surface area contributed by atoms with E-state index >= 15 is 0 Å². The van der Waals surface area contributed by atoms with Gasteiger partial charge in [0.05, 0.1) is 5.69 Å². The lowest BCUT2D eigenvalue weighted by Gasteiger charge is -2.11. The molecule has 0 unspecified atom stereocenters. The summed E-state index contributed by atoms with van der Waals surface area (Å²) in [7, 11) is 0. The highest BCUT2D eigenvalue weighted by Gasteiger charge is 2.42. The van der Waals surface area contributed by atoms with Crippen molar-refractivity contribution in [2.75, 3.05) is 18.5 Å². The second-order valence-electron chi connectivity index (χ2n) is 5.31. The maximum Gasteiger partial charge on any atom is 0.271 e. The third-order valence-corrected chi connectivity index (χ3v) is 5.21. The fourth-order valence-corrected chi connectivity index (χ4v) is 2.87. The van der Waals surface area contributed by atoms with Crippen LogP contribution in [0.15, 0.2) is 36.5 Å². The SMILES string of the molecule is CSC1(CNC(=O)c2ccn(-c3ccc(N)cc3)n2)CC1. The van der Waals surface area contributed by atoms with Gasteiger partial charge in [0.1, 0.15) is 0 Å². The van der Waals surface area contributed by atoms with E-state index in [9.17, 15) is 4.79 Å². The highest BCUT2D eigenvalue weighted by molar-refractivity contribution is 8.00. The Morgan fingerprint density at radius 2 is 2.10 bits per heavy atom. The van der Waals surface area contributed by atoms with Crippen molar-refractivity contribution in [3.63, 3.8) is 0 Å². The van der Waals surface area contributed by atoms with Crippen LogP contribution in [0.2, 0.25) is 0 Å². The molecule has 0 saturated heterocycles. The van der Waals surface area contributed by atoms with Gasteiger partial charge < -0.3 is 11.1 Å². The van der Waals surface area contributed by atoms with Crippen LogP contribution in [-0.2, 0) is 0 Å². The van der Waals surface area contributed by atoms with Crippen molar-refractivity contribution in [2.24, 2.45) is 0 Å². The van der Waals surface area contributed by atoms with Gasteiger partial charge >= 0.3 is 0 Å². The molecule has 21 heavy (non-hydrogen) atoms. The van der Waals surface area contributed by atoms with E-state index in [0.29, 0.717) is 17.9 Å². The van der Waals surface area contributed by atoms with Crippen molar-refractivity contribution in [3.05, 3.63) is 42.2 Å². The summed E-state index contributed by atoms with van der Waals surface area (Å²) in [5.41, 5.74) is 7.68. The number of carbonyl (C=O) groups is 1. The number of hydrogen-bond acceptors (Lipinski definition) is 4. The Labute approximate surface area is 127 Å². The van der Waals surface area contributed by atoms with Crippen molar-refractivity contribution < 1.29 is 4.79 Å². The highest BCUT2D eigenvalue weighted by Crippen LogP contribution is 2.46. The van der Waals surface area contributed by atoms with Crippen LogP contribution in [0.1, 0.15) is 23.3 Å². The molecule has 1 fully saturated rings. The number of thioether (sulfide) groups is 1. The minimum atomic E-state index is -0.121. The monoisotopic (exact) mass is 302 g/mol. The van der Waals surface area contributed by atoms with Crippen molar-refractivity contribution in [3.8, 4) is 5.69 Å². The molecule has 1 heterocycles. The number of anilines is 1. The standard InChI is InChI=1S/C15H18N4OS/c1-21-15(7-8-15)10-17-14(20)13-6-9-19(18-13)12-4-2-11(16)3-5-12/h2-6,9H,7-8,10,16H2,1H3,(H,17,20). The molecular weight excluding hydrogens is 284 g/mol. The van der Waals surface area contributed by atoms with Crippen LogP contribution >= 0.6 is 11.8 Å². The molecule has 110 valence electrons. The summed E-state index contributed by atoms with van der Waals surface area (Å²) >= 11 is 1.83. The fraction of sp³-hybridized carbons (Fsp3) is 0.333. The van der Waals surface area contributed by atoms with E-state index in [-0.39, 0.29) is 10.7 Å². The number of nitrogens with zero attached hydrogens (tertiary/aromatic N) is 2. The molecule has 3 rings (SSSR count). The summed E-state index contributed by atoms with van der Waals surface area (Å²) in [4.78, 5) is 12.1. The first-order valence-electron chi connectivity index (χ1n) is 6.87. The van der Waals surface area contributed by atoms with E-state index in [1.54, 1.807) is 16.9 Å². The topological polar surface area (TPSA) is 72.9 Å². The van der Waals surface area contributed by atoms with Crippen LogP contribution in [-0.4, -0.2) is 33.2 Å². The van der Waals surface area contributed by atoms with E-state index < -0.39 is 0 Å². The second kappa shape index (κ2) is 5.44. The zero-order valence-corrected chi connectivity index (χ0v) is 12.7. The highest BCUT2D eigenvalue weighted by atomic mass is 32.2. The lowest BCUT2D eigenvalue weighted by Crippen LogP contribution is -2.32. The van der Waals surface area contributed by atoms with Gasteiger partial charge in [-0.2, -0.15) is 16.9 Å². The molecule has 6 heteroatoms. The number of carbonyl (C=O) groups excluding carboxylic acids is 1. The molecule has 0 radical (unpaired) electrons. The van der Waals surface area contributed by atoms with Gasteiger partial charge in [-0.15, -0.1) is 0 Å². The van der Waals surface area contributed by atoms with Crippen LogP contribution < -0.4 is 11.1 Å². The van der Waals surface area contributed by atoms with Crippen LogP contribution in [0.3, 0.4) is 0 Å². The minimum Gasteiger partial charge on any atom is -0.399 e. The van der Waals surface area contributed by atoms with Gasteiger partial charge in [0, 0.05) is 23.2 Å². The zero-order valence-electron chi connectivity index (χ0n) is 11.9. The maximum absolute atomic E-state index is 12.1. The third kappa shape index (κ3) is 3.05. The van der Waals surface area contributed by atoms with Gasteiger partial charge in [0.2, 0.25) is 0 Å². The Balaban J connectivity index is 1.66. The molecule has 1 aliphatic carbocycles. The van der Waals surface area contributed by atoms with Crippen LogP contribution in [0.5, 0.6) is 0 Å². The minimum absolute atomic E-state index is 0.121. The van der Waals surface area contributed by atoms with E-state index in [1.807, 2.05) is 36.0 Å². The Hall–Kier alpha value is -1.95. The van der Waals surface area contributed by atoms with E-state index in [2.05, 4.69) is 16.7 Å². The lowest BCUT2D eigenvalue weighted by atomic mass is 10.3. The summed E-state index contributed by atoms with van der Waals surface area (Å²) in [5, 5.41) is 7.28. The number of aromatic nitrogens is 2. The van der Waals surface area contributed by atoms with Crippen molar-refractivity contribution >= 4 is 23.4 Å². The van der Waals surface area contributed by atoms with Crippen LogP contribution in [0.25, 0.3) is 5.69 Å². The summed E-state index contributed by atoms with van der Waals surface area (Å²) < 4.78 is 1.94. The van der Waals surface area contributed by atoms with Gasteiger partial charge in [0.15, 0.2) is 5.69 Å². The number of nitrogen functional groups attached to an aromatic ring is 1. The molecule has 0 aliphatic heterocycles. The predicted molar refractivity (Wildman–Crippen MR) is 85.8 cm³/mol. The molecule has 0 bridgehead atoms. The Morgan fingerprint density at radius 3 is 2.71 bits per heavy atom. The van der Waals surface area contributed by atoms with Gasteiger partial charge in [-0.1, -0.05) is 0 Å². The largest absolute Gasteiger partial charge is 0.399 e. The van der Waals surface area contributed by atoms with Gasteiger partial charge in [0.25, 0.3) is 5.91 Å². The molecule has 0 atom stereocenters. The number of nitrogens with two attached hydrogens (primary N) is 1. The molecule has 3 N–H and O–H groups in total. The molecule has 5 nitrogen and oxygen atoms in total. The first-order chi connectivity index (χ1) is 10.1.